The normalized spacial score (nSPS) is 15.2. The summed E-state index contributed by atoms with van der Waals surface area (Å²) in [6.45, 7) is 6.80. The first kappa shape index (κ1) is 16.8. The predicted molar refractivity (Wildman–Crippen MR) is 98.3 cm³/mol. The van der Waals surface area contributed by atoms with Crippen LogP contribution in [0.15, 0.2) is 24.3 Å². The van der Waals surface area contributed by atoms with E-state index in [9.17, 15) is 0 Å². The van der Waals surface area contributed by atoms with Crippen molar-refractivity contribution >= 4 is 26.1 Å². The summed E-state index contributed by atoms with van der Waals surface area (Å²) in [5, 5.41) is 0. The largest absolute Gasteiger partial charge is 0.298 e. The van der Waals surface area contributed by atoms with Gasteiger partial charge in [0.15, 0.2) is 0 Å². The van der Waals surface area contributed by atoms with Gasteiger partial charge in [0, 0.05) is 0 Å². The van der Waals surface area contributed by atoms with Gasteiger partial charge in [-0.2, -0.15) is 20.4 Å². The fraction of sp³-hybridized carbons (Fsp3) is 0.625. The molecule has 0 aliphatic carbocycles. The molecule has 0 atom stereocenters. The fourth-order valence-corrected chi connectivity index (χ4v) is 9.26. The van der Waals surface area contributed by atoms with Gasteiger partial charge >= 0.3 is 0 Å². The molecule has 0 radical (unpaired) electrons. The van der Waals surface area contributed by atoms with Crippen LogP contribution in [-0.2, 0) is 5.41 Å². The standard InChI is InChI=1S/C16H31NS2/c1-16(2,3)14-10-12-15(13-11-14)17(18(4,5)6)19(7,8)9/h10-13H,1-9H3. The summed E-state index contributed by atoms with van der Waals surface area (Å²) >= 11 is 0. The molecule has 1 aromatic carbocycles. The molecule has 0 saturated carbocycles. The second-order valence-electron chi connectivity index (χ2n) is 7.60. The molecule has 0 aromatic heterocycles. The van der Waals surface area contributed by atoms with Crippen LogP contribution in [0.1, 0.15) is 26.3 Å². The van der Waals surface area contributed by atoms with E-state index in [1.807, 2.05) is 0 Å². The third kappa shape index (κ3) is 4.35. The lowest BCUT2D eigenvalue weighted by Gasteiger charge is -2.53. The number of hydrogen-bond acceptors (Lipinski definition) is 1. The van der Waals surface area contributed by atoms with E-state index in [0.29, 0.717) is 0 Å². The Labute approximate surface area is 123 Å². The average Bonchev–Trinajstić information content (AvgIpc) is 2.12. The first-order chi connectivity index (χ1) is 8.33. The van der Waals surface area contributed by atoms with E-state index in [4.69, 9.17) is 0 Å². The Kier molecular flexibility index (Phi) is 4.63. The summed E-state index contributed by atoms with van der Waals surface area (Å²) in [5.74, 6) is 0. The molecular formula is C16H31NS2. The highest BCUT2D eigenvalue weighted by molar-refractivity contribution is 8.49. The lowest BCUT2D eigenvalue weighted by molar-refractivity contribution is 0.590. The molecule has 0 heterocycles. The predicted octanol–water partition coefficient (Wildman–Crippen LogP) is 5.01. The topological polar surface area (TPSA) is 3.24 Å². The van der Waals surface area contributed by atoms with Gasteiger partial charge < -0.3 is 0 Å². The van der Waals surface area contributed by atoms with Crippen molar-refractivity contribution in [3.05, 3.63) is 29.8 Å². The van der Waals surface area contributed by atoms with Gasteiger partial charge in [-0.1, -0.05) is 32.9 Å². The molecular weight excluding hydrogens is 270 g/mol. The maximum atomic E-state index is 2.66. The van der Waals surface area contributed by atoms with Crippen LogP contribution in [-0.4, -0.2) is 37.5 Å². The monoisotopic (exact) mass is 301 g/mol. The smallest absolute Gasteiger partial charge is 0.0557 e. The quantitative estimate of drug-likeness (QED) is 0.758. The maximum absolute atomic E-state index is 2.66. The number of hydrogen-bond donors (Lipinski definition) is 0. The van der Waals surface area contributed by atoms with Gasteiger partial charge in [-0.05, 0) is 60.6 Å². The fourth-order valence-electron chi connectivity index (χ4n) is 2.39. The Balaban J connectivity index is 3.20. The van der Waals surface area contributed by atoms with Crippen LogP contribution in [0, 0.1) is 0 Å². The molecule has 0 N–H and O–H groups in total. The summed E-state index contributed by atoms with van der Waals surface area (Å²) in [4.78, 5) is 0. The van der Waals surface area contributed by atoms with Crippen LogP contribution < -0.4 is 3.71 Å². The molecule has 3 heteroatoms. The molecule has 0 aliphatic heterocycles. The zero-order valence-electron chi connectivity index (χ0n) is 14.1. The molecule has 19 heavy (non-hydrogen) atoms. The van der Waals surface area contributed by atoms with E-state index in [2.05, 4.69) is 86.3 Å². The number of nitrogens with zero attached hydrogens (tertiary/aromatic N) is 1. The number of benzene rings is 1. The first-order valence-electron chi connectivity index (χ1n) is 6.61. The van der Waals surface area contributed by atoms with E-state index in [1.165, 1.54) is 11.3 Å². The Morgan fingerprint density at radius 3 is 1.37 bits per heavy atom. The Hall–Kier alpha value is -0.280. The van der Waals surface area contributed by atoms with Crippen molar-refractivity contribution in [1.82, 2.24) is 0 Å². The van der Waals surface area contributed by atoms with Crippen LogP contribution in [0.4, 0.5) is 5.69 Å². The van der Waals surface area contributed by atoms with Gasteiger partial charge in [0.25, 0.3) is 0 Å². The zero-order chi connectivity index (χ0) is 15.1. The number of rotatable bonds is 3. The molecule has 0 fully saturated rings. The lowest BCUT2D eigenvalue weighted by atomic mass is 9.87. The van der Waals surface area contributed by atoms with E-state index in [-0.39, 0.29) is 5.41 Å². The summed E-state index contributed by atoms with van der Waals surface area (Å²) < 4.78 is 2.66. The molecule has 0 amide bonds. The molecule has 0 spiro atoms. The minimum absolute atomic E-state index is 0.229. The van der Waals surface area contributed by atoms with Gasteiger partial charge in [-0.3, -0.25) is 3.71 Å². The summed E-state index contributed by atoms with van der Waals surface area (Å²) in [5.41, 5.74) is 3.01. The third-order valence-electron chi connectivity index (χ3n) is 2.94. The minimum atomic E-state index is -0.754. The van der Waals surface area contributed by atoms with Crippen molar-refractivity contribution in [2.45, 2.75) is 26.2 Å². The van der Waals surface area contributed by atoms with Crippen LogP contribution in [0.25, 0.3) is 0 Å². The lowest BCUT2D eigenvalue weighted by Crippen LogP contribution is -2.28. The van der Waals surface area contributed by atoms with E-state index < -0.39 is 20.4 Å². The van der Waals surface area contributed by atoms with Crippen molar-refractivity contribution in [1.29, 1.82) is 0 Å². The molecule has 0 aliphatic rings. The third-order valence-corrected chi connectivity index (χ3v) is 8.03. The second kappa shape index (κ2) is 5.25. The Morgan fingerprint density at radius 2 is 1.11 bits per heavy atom. The Bertz CT molecular complexity index is 402. The van der Waals surface area contributed by atoms with Gasteiger partial charge in [0.1, 0.15) is 0 Å². The summed E-state index contributed by atoms with van der Waals surface area (Å²) in [6.07, 6.45) is 14.3. The van der Waals surface area contributed by atoms with Crippen molar-refractivity contribution in [2.24, 2.45) is 0 Å². The zero-order valence-corrected chi connectivity index (χ0v) is 15.7. The molecule has 0 bridgehead atoms. The van der Waals surface area contributed by atoms with Crippen LogP contribution in [0.3, 0.4) is 0 Å². The first-order valence-corrected chi connectivity index (χ1v) is 12.2. The van der Waals surface area contributed by atoms with Gasteiger partial charge in [-0.15, -0.1) is 0 Å². The maximum Gasteiger partial charge on any atom is 0.0557 e. The summed E-state index contributed by atoms with van der Waals surface area (Å²) in [7, 11) is -1.51. The van der Waals surface area contributed by atoms with Crippen molar-refractivity contribution in [2.75, 3.05) is 41.2 Å². The van der Waals surface area contributed by atoms with E-state index >= 15 is 0 Å². The molecule has 112 valence electrons. The van der Waals surface area contributed by atoms with Crippen molar-refractivity contribution in [3.63, 3.8) is 0 Å². The average molecular weight is 302 g/mol. The highest BCUT2D eigenvalue weighted by Gasteiger charge is 2.26. The molecule has 1 aromatic rings. The summed E-state index contributed by atoms with van der Waals surface area (Å²) in [6, 6.07) is 9.19. The Morgan fingerprint density at radius 1 is 0.737 bits per heavy atom. The second-order valence-corrected chi connectivity index (χ2v) is 15.7. The minimum Gasteiger partial charge on any atom is -0.298 e. The van der Waals surface area contributed by atoms with Crippen molar-refractivity contribution in [3.8, 4) is 0 Å². The van der Waals surface area contributed by atoms with Crippen LogP contribution >= 0.6 is 20.4 Å². The highest BCUT2D eigenvalue weighted by Crippen LogP contribution is 2.59. The van der Waals surface area contributed by atoms with Gasteiger partial charge in [0.05, 0.1) is 5.69 Å². The van der Waals surface area contributed by atoms with Crippen molar-refractivity contribution < 1.29 is 0 Å². The molecule has 0 saturated heterocycles. The van der Waals surface area contributed by atoms with Crippen LogP contribution in [0.2, 0.25) is 0 Å². The number of anilines is 1. The molecule has 1 rings (SSSR count). The van der Waals surface area contributed by atoms with Gasteiger partial charge in [0.2, 0.25) is 0 Å². The highest BCUT2D eigenvalue weighted by atomic mass is 32.3. The van der Waals surface area contributed by atoms with E-state index in [0.717, 1.165) is 0 Å². The molecule has 0 unspecified atom stereocenters. The molecule has 1 nitrogen and oxygen atoms in total. The van der Waals surface area contributed by atoms with Gasteiger partial charge in [-0.25, -0.2) is 0 Å². The SMILES string of the molecule is CC(C)(C)c1ccc(N(S(C)(C)C)S(C)(C)C)cc1. The van der Waals surface area contributed by atoms with E-state index in [1.54, 1.807) is 0 Å². The van der Waals surface area contributed by atoms with Crippen LogP contribution in [0.5, 0.6) is 0 Å².